The lowest BCUT2D eigenvalue weighted by molar-refractivity contribution is -0.386. The third kappa shape index (κ3) is 4.15. The summed E-state index contributed by atoms with van der Waals surface area (Å²) in [4.78, 5) is 21.3. The normalized spacial score (nSPS) is 22.0. The molecule has 0 amide bonds. The molecule has 1 aromatic rings. The van der Waals surface area contributed by atoms with Gasteiger partial charge in [-0.15, -0.1) is 0 Å². The zero-order chi connectivity index (χ0) is 15.4. The Balaban J connectivity index is 1.93. The number of carboxylic acids is 1. The van der Waals surface area contributed by atoms with Crippen molar-refractivity contribution in [3.63, 3.8) is 0 Å². The molecule has 0 unspecified atom stereocenters. The van der Waals surface area contributed by atoms with E-state index in [1.54, 1.807) is 0 Å². The summed E-state index contributed by atoms with van der Waals surface area (Å²) in [6.45, 7) is 0.110. The Labute approximate surface area is 126 Å². The van der Waals surface area contributed by atoms with Crippen LogP contribution in [-0.4, -0.2) is 22.1 Å². The maximum Gasteiger partial charge on any atom is 0.306 e. The average molecular weight is 314 g/mol. The fraction of sp³-hybridized carbons (Fsp3) is 0.500. The van der Waals surface area contributed by atoms with E-state index in [0.29, 0.717) is 36.3 Å². The highest BCUT2D eigenvalue weighted by atomic mass is 35.5. The van der Waals surface area contributed by atoms with Gasteiger partial charge in [0.05, 0.1) is 29.1 Å². The van der Waals surface area contributed by atoms with Crippen LogP contribution < -0.4 is 0 Å². The molecule has 0 aliphatic heterocycles. The van der Waals surface area contributed by atoms with Gasteiger partial charge in [-0.3, -0.25) is 14.9 Å². The molecule has 0 saturated heterocycles. The second-order valence-corrected chi connectivity index (χ2v) is 5.59. The SMILES string of the molecule is O=C(O)C1CCC(OCc2cc(Cl)ccc2[N+](=O)[O-])CC1. The van der Waals surface area contributed by atoms with Crippen LogP contribution in [0.15, 0.2) is 18.2 Å². The number of nitro benzene ring substituents is 1. The van der Waals surface area contributed by atoms with Crippen molar-refractivity contribution >= 4 is 23.3 Å². The summed E-state index contributed by atoms with van der Waals surface area (Å²) in [5, 5.41) is 20.3. The third-order valence-corrected chi connectivity index (χ3v) is 3.97. The molecule has 0 atom stereocenters. The van der Waals surface area contributed by atoms with Crippen molar-refractivity contribution in [3.8, 4) is 0 Å². The van der Waals surface area contributed by atoms with Crippen LogP contribution in [-0.2, 0) is 16.1 Å². The van der Waals surface area contributed by atoms with Crippen LogP contribution in [0.3, 0.4) is 0 Å². The standard InChI is InChI=1S/C14H16ClNO5/c15-11-3-6-13(16(19)20)10(7-11)8-21-12-4-1-9(2-5-12)14(17)18/h3,6-7,9,12H,1-2,4-5,8H2,(H,17,18). The largest absolute Gasteiger partial charge is 0.481 e. The van der Waals surface area contributed by atoms with Crippen molar-refractivity contribution in [3.05, 3.63) is 38.9 Å². The molecule has 0 spiro atoms. The highest BCUT2D eigenvalue weighted by molar-refractivity contribution is 6.30. The molecular weight excluding hydrogens is 298 g/mol. The predicted octanol–water partition coefficient (Wildman–Crippen LogP) is 3.41. The molecule has 1 N–H and O–H groups in total. The van der Waals surface area contributed by atoms with Gasteiger partial charge in [0.1, 0.15) is 0 Å². The number of ether oxygens (including phenoxy) is 1. The van der Waals surface area contributed by atoms with Crippen LogP contribution in [0.2, 0.25) is 5.02 Å². The Hall–Kier alpha value is -1.66. The van der Waals surface area contributed by atoms with E-state index in [9.17, 15) is 14.9 Å². The van der Waals surface area contributed by atoms with Crippen LogP contribution in [0.1, 0.15) is 31.2 Å². The minimum atomic E-state index is -0.765. The van der Waals surface area contributed by atoms with Crippen LogP contribution >= 0.6 is 11.6 Å². The highest BCUT2D eigenvalue weighted by Gasteiger charge is 2.26. The van der Waals surface area contributed by atoms with Gasteiger partial charge in [-0.25, -0.2) is 0 Å². The van der Waals surface area contributed by atoms with E-state index in [2.05, 4.69) is 0 Å². The van der Waals surface area contributed by atoms with Crippen molar-refractivity contribution in [2.45, 2.75) is 38.4 Å². The van der Waals surface area contributed by atoms with Crippen LogP contribution in [0.4, 0.5) is 5.69 Å². The zero-order valence-electron chi connectivity index (χ0n) is 11.3. The third-order valence-electron chi connectivity index (χ3n) is 3.74. The van der Waals surface area contributed by atoms with Crippen molar-refractivity contribution in [2.75, 3.05) is 0 Å². The maximum absolute atomic E-state index is 10.9. The first kappa shape index (κ1) is 15.7. The first-order valence-corrected chi connectivity index (χ1v) is 7.12. The van der Waals surface area contributed by atoms with E-state index in [1.807, 2.05) is 0 Å². The molecule has 0 aromatic heterocycles. The molecule has 114 valence electrons. The van der Waals surface area contributed by atoms with Gasteiger partial charge in [-0.1, -0.05) is 11.6 Å². The summed E-state index contributed by atoms with van der Waals surface area (Å²) in [5.41, 5.74) is 0.423. The van der Waals surface area contributed by atoms with Crippen molar-refractivity contribution in [1.29, 1.82) is 0 Å². The van der Waals surface area contributed by atoms with Crippen LogP contribution in [0.5, 0.6) is 0 Å². The van der Waals surface area contributed by atoms with Gasteiger partial charge in [0.15, 0.2) is 0 Å². The van der Waals surface area contributed by atoms with Gasteiger partial charge in [-0.05, 0) is 37.8 Å². The molecule has 1 aliphatic carbocycles. The number of halogens is 1. The molecule has 1 aliphatic rings. The van der Waals surface area contributed by atoms with Gasteiger partial charge in [0, 0.05) is 11.1 Å². The number of aliphatic carboxylic acids is 1. The zero-order valence-corrected chi connectivity index (χ0v) is 12.1. The molecule has 1 fully saturated rings. The van der Waals surface area contributed by atoms with E-state index >= 15 is 0 Å². The van der Waals surface area contributed by atoms with Crippen molar-refractivity contribution in [2.24, 2.45) is 5.92 Å². The van der Waals surface area contributed by atoms with Gasteiger partial charge >= 0.3 is 5.97 Å². The average Bonchev–Trinajstić information content (AvgIpc) is 2.45. The number of nitro groups is 1. The van der Waals surface area contributed by atoms with E-state index in [4.69, 9.17) is 21.4 Å². The molecule has 0 radical (unpaired) electrons. The number of hydrogen-bond acceptors (Lipinski definition) is 4. The van der Waals surface area contributed by atoms with E-state index in [1.165, 1.54) is 18.2 Å². The number of hydrogen-bond donors (Lipinski definition) is 1. The van der Waals surface area contributed by atoms with E-state index in [-0.39, 0.29) is 24.3 Å². The summed E-state index contributed by atoms with van der Waals surface area (Å²) < 4.78 is 5.69. The van der Waals surface area contributed by atoms with E-state index in [0.717, 1.165) is 0 Å². The summed E-state index contributed by atoms with van der Waals surface area (Å²) in [5.74, 6) is -1.07. The molecule has 21 heavy (non-hydrogen) atoms. The lowest BCUT2D eigenvalue weighted by Gasteiger charge is -2.26. The molecule has 6 nitrogen and oxygen atoms in total. The molecule has 7 heteroatoms. The Morgan fingerprint density at radius 1 is 1.38 bits per heavy atom. The summed E-state index contributed by atoms with van der Waals surface area (Å²) in [6, 6.07) is 4.37. The molecule has 0 heterocycles. The van der Waals surface area contributed by atoms with Crippen molar-refractivity contribution in [1.82, 2.24) is 0 Å². The van der Waals surface area contributed by atoms with E-state index < -0.39 is 10.9 Å². The summed E-state index contributed by atoms with van der Waals surface area (Å²) in [7, 11) is 0. The van der Waals surface area contributed by atoms with Gasteiger partial charge < -0.3 is 9.84 Å². The number of benzene rings is 1. The minimum absolute atomic E-state index is 0.0152. The first-order chi connectivity index (χ1) is 9.97. The predicted molar refractivity (Wildman–Crippen MR) is 76.3 cm³/mol. The fourth-order valence-corrected chi connectivity index (χ4v) is 2.73. The van der Waals surface area contributed by atoms with Gasteiger partial charge in [0.2, 0.25) is 0 Å². The number of carbonyl (C=O) groups is 1. The fourth-order valence-electron chi connectivity index (χ4n) is 2.53. The molecule has 1 saturated carbocycles. The number of carboxylic acid groups (broad SMARTS) is 1. The molecule has 1 aromatic carbocycles. The first-order valence-electron chi connectivity index (χ1n) is 6.74. The number of rotatable bonds is 5. The lowest BCUT2D eigenvalue weighted by Crippen LogP contribution is -2.26. The molecule has 2 rings (SSSR count). The van der Waals surface area contributed by atoms with Crippen LogP contribution in [0.25, 0.3) is 0 Å². The quantitative estimate of drug-likeness (QED) is 0.664. The summed E-state index contributed by atoms with van der Waals surface area (Å²) >= 11 is 5.85. The lowest BCUT2D eigenvalue weighted by atomic mass is 9.87. The topological polar surface area (TPSA) is 89.7 Å². The Bertz CT molecular complexity index is 540. The minimum Gasteiger partial charge on any atom is -0.481 e. The molecular formula is C14H16ClNO5. The second kappa shape index (κ2) is 6.87. The smallest absolute Gasteiger partial charge is 0.306 e. The summed E-state index contributed by atoms with van der Waals surface area (Å²) in [6.07, 6.45) is 2.42. The Morgan fingerprint density at radius 3 is 2.62 bits per heavy atom. The molecule has 0 bridgehead atoms. The Morgan fingerprint density at radius 2 is 2.05 bits per heavy atom. The monoisotopic (exact) mass is 313 g/mol. The highest BCUT2D eigenvalue weighted by Crippen LogP contribution is 2.29. The second-order valence-electron chi connectivity index (χ2n) is 5.15. The van der Waals surface area contributed by atoms with Crippen molar-refractivity contribution < 1.29 is 19.6 Å². The van der Waals surface area contributed by atoms with Gasteiger partial charge in [-0.2, -0.15) is 0 Å². The maximum atomic E-state index is 10.9. The number of nitrogens with zero attached hydrogens (tertiary/aromatic N) is 1. The van der Waals surface area contributed by atoms with Gasteiger partial charge in [0.25, 0.3) is 5.69 Å². The van der Waals surface area contributed by atoms with Crippen LogP contribution in [0, 0.1) is 16.0 Å². The Kier molecular flexibility index (Phi) is 5.14.